The summed E-state index contributed by atoms with van der Waals surface area (Å²) in [6.45, 7) is 2.78. The van der Waals surface area contributed by atoms with Gasteiger partial charge in [-0.05, 0) is 24.6 Å². The minimum Gasteiger partial charge on any atom is -0.355 e. The van der Waals surface area contributed by atoms with Crippen molar-refractivity contribution < 1.29 is 0 Å². The third-order valence-corrected chi connectivity index (χ3v) is 5.20. The van der Waals surface area contributed by atoms with Gasteiger partial charge in [0.15, 0.2) is 5.65 Å². The van der Waals surface area contributed by atoms with Crippen LogP contribution in [0.15, 0.2) is 67.3 Å². The fourth-order valence-corrected chi connectivity index (χ4v) is 3.56. The van der Waals surface area contributed by atoms with E-state index in [2.05, 4.69) is 60.4 Å². The Morgan fingerprint density at radius 3 is 2.53 bits per heavy atom. The van der Waals surface area contributed by atoms with Crippen molar-refractivity contribution in [3.8, 4) is 22.4 Å². The summed E-state index contributed by atoms with van der Waals surface area (Å²) in [6.07, 6.45) is 7.36. The Kier molecular flexibility index (Phi) is 4.48. The van der Waals surface area contributed by atoms with Gasteiger partial charge in [-0.15, -0.1) is 0 Å². The monoisotopic (exact) mass is 395 g/mol. The molecule has 0 saturated carbocycles. The van der Waals surface area contributed by atoms with Crippen LogP contribution in [0.2, 0.25) is 0 Å². The molecule has 30 heavy (non-hydrogen) atoms. The van der Waals surface area contributed by atoms with Crippen LogP contribution in [0.5, 0.6) is 0 Å². The third-order valence-electron chi connectivity index (χ3n) is 5.20. The SMILES string of the molecule is Cc1[nH]ncc1-c1cnc2[nH]cc(-c3ccc(N(C)Cc4ccccc4)nc3)c2n1. The van der Waals surface area contributed by atoms with Crippen molar-refractivity contribution in [1.29, 1.82) is 0 Å². The van der Waals surface area contributed by atoms with E-state index < -0.39 is 0 Å². The molecule has 0 aliphatic carbocycles. The highest BCUT2D eigenvalue weighted by molar-refractivity contribution is 5.91. The third kappa shape index (κ3) is 3.30. The first-order valence-corrected chi connectivity index (χ1v) is 9.75. The lowest BCUT2D eigenvalue weighted by atomic mass is 10.1. The molecular weight excluding hydrogens is 374 g/mol. The smallest absolute Gasteiger partial charge is 0.156 e. The Labute approximate surface area is 173 Å². The van der Waals surface area contributed by atoms with Gasteiger partial charge in [0.2, 0.25) is 0 Å². The van der Waals surface area contributed by atoms with Gasteiger partial charge in [-0.1, -0.05) is 30.3 Å². The van der Waals surface area contributed by atoms with Gasteiger partial charge in [0.1, 0.15) is 11.3 Å². The first kappa shape index (κ1) is 18.1. The van der Waals surface area contributed by atoms with Crippen LogP contribution in [0.1, 0.15) is 11.3 Å². The van der Waals surface area contributed by atoms with Crippen molar-refractivity contribution in [2.45, 2.75) is 13.5 Å². The van der Waals surface area contributed by atoms with Crippen molar-refractivity contribution >= 4 is 17.0 Å². The lowest BCUT2D eigenvalue weighted by Gasteiger charge is -2.18. The Hall–Kier alpha value is -4.00. The van der Waals surface area contributed by atoms with E-state index in [9.17, 15) is 0 Å². The minimum atomic E-state index is 0.750. The van der Waals surface area contributed by atoms with Gasteiger partial charge in [0.25, 0.3) is 0 Å². The van der Waals surface area contributed by atoms with E-state index in [1.165, 1.54) is 5.56 Å². The number of hydrogen-bond donors (Lipinski definition) is 2. The first-order chi connectivity index (χ1) is 14.7. The second-order valence-corrected chi connectivity index (χ2v) is 7.31. The van der Waals surface area contributed by atoms with Crippen LogP contribution in [0.4, 0.5) is 5.82 Å². The predicted molar refractivity (Wildman–Crippen MR) is 118 cm³/mol. The average molecular weight is 395 g/mol. The first-order valence-electron chi connectivity index (χ1n) is 9.75. The minimum absolute atomic E-state index is 0.750. The number of aromatic amines is 2. The number of rotatable bonds is 5. The van der Waals surface area contributed by atoms with E-state index in [0.29, 0.717) is 0 Å². The zero-order valence-corrected chi connectivity index (χ0v) is 16.8. The number of pyridine rings is 1. The zero-order chi connectivity index (χ0) is 20.5. The molecule has 0 aliphatic heterocycles. The molecule has 0 saturated heterocycles. The van der Waals surface area contributed by atoms with Crippen molar-refractivity contribution in [3.05, 3.63) is 78.5 Å². The van der Waals surface area contributed by atoms with Crippen molar-refractivity contribution in [2.24, 2.45) is 0 Å². The lowest BCUT2D eigenvalue weighted by Crippen LogP contribution is -2.17. The van der Waals surface area contributed by atoms with Crippen LogP contribution < -0.4 is 4.90 Å². The van der Waals surface area contributed by atoms with E-state index in [0.717, 1.165) is 51.6 Å². The fourth-order valence-electron chi connectivity index (χ4n) is 3.56. The van der Waals surface area contributed by atoms with Crippen LogP contribution in [-0.4, -0.2) is 37.2 Å². The fraction of sp³-hybridized carbons (Fsp3) is 0.130. The summed E-state index contributed by atoms with van der Waals surface area (Å²) < 4.78 is 0. The molecule has 0 fully saturated rings. The molecule has 148 valence electrons. The molecule has 0 bridgehead atoms. The zero-order valence-electron chi connectivity index (χ0n) is 16.8. The number of anilines is 1. The Balaban J connectivity index is 1.45. The van der Waals surface area contributed by atoms with Gasteiger partial charge in [-0.2, -0.15) is 5.10 Å². The molecule has 7 heteroatoms. The summed E-state index contributed by atoms with van der Waals surface area (Å²) in [7, 11) is 2.05. The van der Waals surface area contributed by atoms with Gasteiger partial charge < -0.3 is 9.88 Å². The van der Waals surface area contributed by atoms with Crippen molar-refractivity contribution in [1.82, 2.24) is 30.1 Å². The maximum atomic E-state index is 4.84. The summed E-state index contributed by atoms with van der Waals surface area (Å²) in [6, 6.07) is 14.5. The molecule has 4 aromatic heterocycles. The molecule has 7 nitrogen and oxygen atoms in total. The highest BCUT2D eigenvalue weighted by atomic mass is 15.2. The maximum Gasteiger partial charge on any atom is 0.156 e. The second kappa shape index (κ2) is 7.44. The largest absolute Gasteiger partial charge is 0.355 e. The van der Waals surface area contributed by atoms with Crippen LogP contribution in [0, 0.1) is 6.92 Å². The molecule has 5 rings (SSSR count). The summed E-state index contributed by atoms with van der Waals surface area (Å²) in [5.41, 5.74) is 7.50. The van der Waals surface area contributed by atoms with Crippen LogP contribution >= 0.6 is 0 Å². The van der Waals surface area contributed by atoms with Gasteiger partial charge in [-0.25, -0.2) is 15.0 Å². The maximum absolute atomic E-state index is 4.84. The number of aromatic nitrogens is 6. The van der Waals surface area contributed by atoms with Crippen molar-refractivity contribution in [3.63, 3.8) is 0 Å². The standard InChI is InChI=1S/C23H21N7/c1-15-18(12-27-29-15)20-13-26-23-22(28-20)19(11-25-23)17-8-9-21(24-10-17)30(2)14-16-6-4-3-5-7-16/h3-13H,14H2,1-2H3,(H,25,26)(H,27,29). The Bertz CT molecular complexity index is 1290. The lowest BCUT2D eigenvalue weighted by molar-refractivity contribution is 0.898. The highest BCUT2D eigenvalue weighted by Gasteiger charge is 2.13. The van der Waals surface area contributed by atoms with E-state index >= 15 is 0 Å². The molecule has 0 aliphatic rings. The summed E-state index contributed by atoms with van der Waals surface area (Å²) in [5, 5.41) is 7.04. The van der Waals surface area contributed by atoms with Crippen LogP contribution in [-0.2, 0) is 6.54 Å². The van der Waals surface area contributed by atoms with Crippen LogP contribution in [0.3, 0.4) is 0 Å². The molecule has 0 radical (unpaired) electrons. The number of fused-ring (bicyclic) bond motifs is 1. The van der Waals surface area contributed by atoms with Crippen LogP contribution in [0.25, 0.3) is 33.5 Å². The van der Waals surface area contributed by atoms with Gasteiger partial charge >= 0.3 is 0 Å². The van der Waals surface area contributed by atoms with E-state index in [4.69, 9.17) is 4.98 Å². The van der Waals surface area contributed by atoms with Gasteiger partial charge in [0, 0.05) is 48.4 Å². The summed E-state index contributed by atoms with van der Waals surface area (Å²) in [4.78, 5) is 19.4. The number of nitrogens with one attached hydrogen (secondary N) is 2. The quantitative estimate of drug-likeness (QED) is 0.462. The van der Waals surface area contributed by atoms with Crippen molar-refractivity contribution in [2.75, 3.05) is 11.9 Å². The second-order valence-electron chi connectivity index (χ2n) is 7.31. The normalized spacial score (nSPS) is 11.1. The highest BCUT2D eigenvalue weighted by Crippen LogP contribution is 2.29. The summed E-state index contributed by atoms with van der Waals surface area (Å²) in [5.74, 6) is 0.920. The molecule has 0 spiro atoms. The Morgan fingerprint density at radius 1 is 0.933 bits per heavy atom. The topological polar surface area (TPSA) is 86.4 Å². The number of aryl methyl sites for hydroxylation is 1. The molecular formula is C23H21N7. The van der Waals surface area contributed by atoms with E-state index in [1.807, 2.05) is 38.5 Å². The molecule has 0 unspecified atom stereocenters. The summed E-state index contributed by atoms with van der Waals surface area (Å²) >= 11 is 0. The average Bonchev–Trinajstić information content (AvgIpc) is 3.40. The number of benzene rings is 1. The molecule has 1 aromatic carbocycles. The number of H-pyrrole nitrogens is 2. The molecule has 2 N–H and O–H groups in total. The molecule has 0 atom stereocenters. The van der Waals surface area contributed by atoms with E-state index in [1.54, 1.807) is 12.4 Å². The number of hydrogen-bond acceptors (Lipinski definition) is 5. The molecule has 5 aromatic rings. The molecule has 0 amide bonds. The number of nitrogens with zero attached hydrogens (tertiary/aromatic N) is 5. The Morgan fingerprint density at radius 2 is 1.80 bits per heavy atom. The van der Waals surface area contributed by atoms with Gasteiger partial charge in [-0.3, -0.25) is 5.10 Å². The van der Waals surface area contributed by atoms with Gasteiger partial charge in [0.05, 0.1) is 18.1 Å². The molecule has 4 heterocycles. The van der Waals surface area contributed by atoms with E-state index in [-0.39, 0.29) is 0 Å². The predicted octanol–water partition coefficient (Wildman–Crippen LogP) is 4.35.